The number of carbonyl (C=O) groups is 2. The summed E-state index contributed by atoms with van der Waals surface area (Å²) in [6, 6.07) is 5.84. The molecule has 0 saturated heterocycles. The van der Waals surface area contributed by atoms with Gasteiger partial charge in [0.25, 0.3) is 5.69 Å². The fraction of sp³-hybridized carbons (Fsp3) is 0.478. The smallest absolute Gasteiger partial charge is 0.336 e. The number of ether oxygens (including phenoxy) is 3. The minimum absolute atomic E-state index is 0.0201. The topological polar surface area (TPSA) is 143 Å². The van der Waals surface area contributed by atoms with E-state index in [9.17, 15) is 19.7 Å². The van der Waals surface area contributed by atoms with E-state index < -0.39 is 22.8 Å². The number of rotatable bonds is 12. The molecule has 1 unspecified atom stereocenters. The number of nitrogens with one attached hydrogen (secondary N) is 1. The number of nitrogens with two attached hydrogens (primary N) is 1. The number of carbonyl (C=O) groups excluding carboxylic acids is 2. The van der Waals surface area contributed by atoms with Crippen LogP contribution in [-0.2, 0) is 23.8 Å². The van der Waals surface area contributed by atoms with E-state index in [1.54, 1.807) is 19.9 Å². The van der Waals surface area contributed by atoms with Crippen molar-refractivity contribution in [3.05, 3.63) is 62.5 Å². The zero-order chi connectivity index (χ0) is 24.4. The van der Waals surface area contributed by atoms with Gasteiger partial charge in [0.05, 0.1) is 54.1 Å². The highest BCUT2D eigenvalue weighted by Crippen LogP contribution is 2.40. The highest BCUT2D eigenvalue weighted by molar-refractivity contribution is 6.00. The average Bonchev–Trinajstić information content (AvgIpc) is 2.79. The Morgan fingerprint density at radius 2 is 1.88 bits per heavy atom. The van der Waals surface area contributed by atoms with Gasteiger partial charge in [-0.05, 0) is 25.8 Å². The normalized spacial score (nSPS) is 15.8. The number of benzene rings is 1. The van der Waals surface area contributed by atoms with Gasteiger partial charge >= 0.3 is 11.9 Å². The largest absolute Gasteiger partial charge is 0.463 e. The van der Waals surface area contributed by atoms with Gasteiger partial charge < -0.3 is 25.3 Å². The SMILES string of the molecule is CCCCOC(=O)C1=C(C)NC(COCCN)=C(C(=O)OCC)C1c1cccc([N+](=O)[O-])c1. The van der Waals surface area contributed by atoms with Gasteiger partial charge in [0.2, 0.25) is 0 Å². The Labute approximate surface area is 192 Å². The molecule has 1 atom stereocenters. The number of hydrogen-bond donors (Lipinski definition) is 2. The summed E-state index contributed by atoms with van der Waals surface area (Å²) >= 11 is 0. The van der Waals surface area contributed by atoms with Gasteiger partial charge in [0.1, 0.15) is 0 Å². The van der Waals surface area contributed by atoms with Gasteiger partial charge in [-0.1, -0.05) is 25.5 Å². The number of dihydropyridines is 1. The highest BCUT2D eigenvalue weighted by atomic mass is 16.6. The maximum atomic E-state index is 13.1. The van der Waals surface area contributed by atoms with Crippen LogP contribution in [0.2, 0.25) is 0 Å². The number of unbranched alkanes of at least 4 members (excludes halogenated alkanes) is 1. The van der Waals surface area contributed by atoms with Crippen LogP contribution in [0.1, 0.15) is 45.1 Å². The van der Waals surface area contributed by atoms with Crippen molar-refractivity contribution in [2.75, 3.05) is 33.0 Å². The summed E-state index contributed by atoms with van der Waals surface area (Å²) in [5.74, 6) is -2.19. The summed E-state index contributed by atoms with van der Waals surface area (Å²) in [6.07, 6.45) is 1.53. The molecule has 0 aliphatic carbocycles. The number of nitrogens with zero attached hydrogens (tertiary/aromatic N) is 1. The molecule has 1 heterocycles. The van der Waals surface area contributed by atoms with Crippen LogP contribution in [0.15, 0.2) is 46.8 Å². The summed E-state index contributed by atoms with van der Waals surface area (Å²) in [6.45, 7) is 6.23. The molecule has 0 bridgehead atoms. The van der Waals surface area contributed by atoms with E-state index in [-0.39, 0.29) is 43.3 Å². The second kappa shape index (κ2) is 12.7. The first-order valence-corrected chi connectivity index (χ1v) is 10.9. The monoisotopic (exact) mass is 461 g/mol. The van der Waals surface area contributed by atoms with Gasteiger partial charge in [-0.25, -0.2) is 9.59 Å². The number of esters is 2. The molecule has 1 aliphatic rings. The Bertz CT molecular complexity index is 940. The molecule has 0 aromatic heterocycles. The van der Waals surface area contributed by atoms with Gasteiger partial charge in [0, 0.05) is 24.4 Å². The molecule has 0 saturated carbocycles. The van der Waals surface area contributed by atoms with Crippen molar-refractivity contribution in [1.29, 1.82) is 0 Å². The summed E-state index contributed by atoms with van der Waals surface area (Å²) in [4.78, 5) is 37.0. The van der Waals surface area contributed by atoms with Crippen LogP contribution in [0.4, 0.5) is 5.69 Å². The second-order valence-corrected chi connectivity index (χ2v) is 7.39. The molecule has 3 N–H and O–H groups in total. The molecule has 33 heavy (non-hydrogen) atoms. The predicted octanol–water partition coefficient (Wildman–Crippen LogP) is 2.69. The lowest BCUT2D eigenvalue weighted by molar-refractivity contribution is -0.384. The highest BCUT2D eigenvalue weighted by Gasteiger charge is 2.39. The number of non-ortho nitro benzene ring substituents is 1. The number of allylic oxidation sites excluding steroid dienone is 1. The zero-order valence-corrected chi connectivity index (χ0v) is 19.2. The zero-order valence-electron chi connectivity index (χ0n) is 19.2. The van der Waals surface area contributed by atoms with E-state index in [0.29, 0.717) is 29.9 Å². The lowest BCUT2D eigenvalue weighted by atomic mass is 9.80. The van der Waals surface area contributed by atoms with E-state index >= 15 is 0 Å². The van der Waals surface area contributed by atoms with E-state index in [1.165, 1.54) is 18.2 Å². The lowest BCUT2D eigenvalue weighted by Gasteiger charge is -2.31. The first-order chi connectivity index (χ1) is 15.8. The molecule has 0 spiro atoms. The first-order valence-electron chi connectivity index (χ1n) is 10.9. The van der Waals surface area contributed by atoms with Crippen molar-refractivity contribution in [2.24, 2.45) is 5.73 Å². The molecule has 10 heteroatoms. The van der Waals surface area contributed by atoms with E-state index in [4.69, 9.17) is 19.9 Å². The van der Waals surface area contributed by atoms with Crippen LogP contribution in [-0.4, -0.2) is 49.8 Å². The van der Waals surface area contributed by atoms with Crippen molar-refractivity contribution >= 4 is 17.6 Å². The molecule has 0 fully saturated rings. The molecule has 0 radical (unpaired) electrons. The Morgan fingerprint density at radius 1 is 1.15 bits per heavy atom. The summed E-state index contributed by atoms with van der Waals surface area (Å²) in [7, 11) is 0. The van der Waals surface area contributed by atoms with Crippen LogP contribution in [0, 0.1) is 10.1 Å². The molecular formula is C23H31N3O7. The van der Waals surface area contributed by atoms with Crippen LogP contribution in [0.25, 0.3) is 0 Å². The quantitative estimate of drug-likeness (QED) is 0.208. The Kier molecular flexibility index (Phi) is 10.0. The second-order valence-electron chi connectivity index (χ2n) is 7.39. The average molecular weight is 462 g/mol. The molecule has 180 valence electrons. The van der Waals surface area contributed by atoms with E-state index in [0.717, 1.165) is 6.42 Å². The maximum absolute atomic E-state index is 13.1. The minimum Gasteiger partial charge on any atom is -0.463 e. The van der Waals surface area contributed by atoms with E-state index in [1.807, 2.05) is 6.92 Å². The fourth-order valence-corrected chi connectivity index (χ4v) is 3.53. The Balaban J connectivity index is 2.65. The van der Waals surface area contributed by atoms with Crippen molar-refractivity contribution in [2.45, 2.75) is 39.5 Å². The molecule has 1 aromatic rings. The van der Waals surface area contributed by atoms with Crippen molar-refractivity contribution in [3.8, 4) is 0 Å². The van der Waals surface area contributed by atoms with Crippen molar-refractivity contribution in [3.63, 3.8) is 0 Å². The minimum atomic E-state index is -0.934. The standard InChI is InChI=1S/C23H31N3O7/c1-4-6-11-33-22(27)19-15(3)25-18(14-31-12-10-24)21(23(28)32-5-2)20(19)16-8-7-9-17(13-16)26(29)30/h7-9,13,20,25H,4-6,10-12,14,24H2,1-3H3. The third-order valence-corrected chi connectivity index (χ3v) is 5.01. The summed E-state index contributed by atoms with van der Waals surface area (Å²) in [5.41, 5.74) is 6.95. The molecule has 0 amide bonds. The summed E-state index contributed by atoms with van der Waals surface area (Å²) < 4.78 is 16.3. The predicted molar refractivity (Wildman–Crippen MR) is 121 cm³/mol. The molecule has 10 nitrogen and oxygen atoms in total. The summed E-state index contributed by atoms with van der Waals surface area (Å²) in [5, 5.41) is 14.5. The van der Waals surface area contributed by atoms with Gasteiger partial charge in [-0.3, -0.25) is 10.1 Å². The number of nitro benzene ring substituents is 1. The molecular weight excluding hydrogens is 430 g/mol. The van der Waals surface area contributed by atoms with Crippen LogP contribution in [0.5, 0.6) is 0 Å². The van der Waals surface area contributed by atoms with Crippen LogP contribution in [0.3, 0.4) is 0 Å². The number of nitro groups is 1. The van der Waals surface area contributed by atoms with Gasteiger partial charge in [-0.2, -0.15) is 0 Å². The van der Waals surface area contributed by atoms with Crippen molar-refractivity contribution in [1.82, 2.24) is 5.32 Å². The third kappa shape index (κ3) is 6.62. The number of hydrogen-bond acceptors (Lipinski definition) is 9. The third-order valence-electron chi connectivity index (χ3n) is 5.01. The molecule has 1 aromatic carbocycles. The lowest BCUT2D eigenvalue weighted by Crippen LogP contribution is -2.35. The maximum Gasteiger partial charge on any atom is 0.336 e. The Hall–Kier alpha value is -3.24. The Morgan fingerprint density at radius 3 is 2.52 bits per heavy atom. The molecule has 2 rings (SSSR count). The van der Waals surface area contributed by atoms with Gasteiger partial charge in [-0.15, -0.1) is 0 Å². The van der Waals surface area contributed by atoms with Crippen molar-refractivity contribution < 1.29 is 28.7 Å². The molecule has 1 aliphatic heterocycles. The van der Waals surface area contributed by atoms with E-state index in [2.05, 4.69) is 5.32 Å². The van der Waals surface area contributed by atoms with Crippen LogP contribution >= 0.6 is 0 Å². The van der Waals surface area contributed by atoms with Crippen LogP contribution < -0.4 is 11.1 Å². The first kappa shape index (κ1) is 26.0. The fourth-order valence-electron chi connectivity index (χ4n) is 3.53. The van der Waals surface area contributed by atoms with Gasteiger partial charge in [0.15, 0.2) is 0 Å².